The van der Waals surface area contributed by atoms with Crippen LogP contribution in [-0.2, 0) is 23.4 Å². The molecule has 0 unspecified atom stereocenters. The molecule has 0 aliphatic carbocycles. The van der Waals surface area contributed by atoms with Gasteiger partial charge in [-0.15, -0.1) is 0 Å². The number of hydrogen-bond acceptors (Lipinski definition) is 0. The minimum absolute atomic E-state index is 0.0000119. The number of aromatic nitrogens is 1. The zero-order valence-electron chi connectivity index (χ0n) is 18.1. The highest BCUT2D eigenvalue weighted by Gasteiger charge is 2.34. The molecule has 0 spiro atoms. The summed E-state index contributed by atoms with van der Waals surface area (Å²) < 4.78 is 39.5. The van der Waals surface area contributed by atoms with Gasteiger partial charge in [0.15, 0.2) is 0 Å². The van der Waals surface area contributed by atoms with Crippen molar-refractivity contribution >= 4 is 5.57 Å². The third-order valence-corrected chi connectivity index (χ3v) is 5.20. The standard InChI is InChI=1S/C24H32F3N/c1-15(21-18(11-12-28-21)24(25,26)27)9-10-17-13-19(22(3,4)5)16(2)20(14-17)23(6,7)8/h11-14,28H,1,9-10H2,2-8H3. The zero-order chi connectivity index (χ0) is 21.5. The largest absolute Gasteiger partial charge is 0.418 e. The highest BCUT2D eigenvalue weighted by atomic mass is 19.4. The average molecular weight is 392 g/mol. The second kappa shape index (κ2) is 7.46. The average Bonchev–Trinajstić information content (AvgIpc) is 3.01. The first kappa shape index (κ1) is 22.3. The smallest absolute Gasteiger partial charge is 0.361 e. The molecule has 0 bridgehead atoms. The Morgan fingerprint density at radius 2 is 1.43 bits per heavy atom. The molecule has 0 atom stereocenters. The van der Waals surface area contributed by atoms with Gasteiger partial charge in [-0.1, -0.05) is 60.3 Å². The monoisotopic (exact) mass is 391 g/mol. The Morgan fingerprint density at radius 1 is 0.929 bits per heavy atom. The summed E-state index contributed by atoms with van der Waals surface area (Å²) in [4.78, 5) is 2.71. The SMILES string of the molecule is C=C(CCc1cc(C(C)(C)C)c(C)c(C(C)(C)C)c1)c1[nH]ccc1C(F)(F)F. The van der Waals surface area contributed by atoms with E-state index in [1.807, 2.05) is 0 Å². The number of halogens is 3. The third-order valence-electron chi connectivity index (χ3n) is 5.20. The van der Waals surface area contributed by atoms with Gasteiger partial charge in [-0.05, 0) is 64.5 Å². The van der Waals surface area contributed by atoms with E-state index in [1.54, 1.807) is 0 Å². The van der Waals surface area contributed by atoms with Crippen molar-refractivity contribution in [2.45, 2.75) is 78.3 Å². The maximum absolute atomic E-state index is 13.2. The number of hydrogen-bond donors (Lipinski definition) is 1. The van der Waals surface area contributed by atoms with Gasteiger partial charge >= 0.3 is 6.18 Å². The molecule has 0 fully saturated rings. The van der Waals surface area contributed by atoms with Crippen molar-refractivity contribution in [1.29, 1.82) is 0 Å². The van der Waals surface area contributed by atoms with Gasteiger partial charge in [-0.25, -0.2) is 0 Å². The van der Waals surface area contributed by atoms with E-state index in [-0.39, 0.29) is 16.5 Å². The van der Waals surface area contributed by atoms with Crippen LogP contribution < -0.4 is 0 Å². The van der Waals surface area contributed by atoms with Crippen molar-refractivity contribution in [2.24, 2.45) is 0 Å². The second-order valence-corrected chi connectivity index (χ2v) is 9.68. The maximum atomic E-state index is 13.2. The van der Waals surface area contributed by atoms with E-state index in [0.717, 1.165) is 11.6 Å². The number of nitrogens with one attached hydrogen (secondary N) is 1. The summed E-state index contributed by atoms with van der Waals surface area (Å²) in [6.07, 6.45) is -1.92. The van der Waals surface area contributed by atoms with Crippen molar-refractivity contribution in [1.82, 2.24) is 4.98 Å². The molecule has 0 saturated carbocycles. The summed E-state index contributed by atoms with van der Waals surface area (Å²) in [5.41, 5.74) is 4.94. The summed E-state index contributed by atoms with van der Waals surface area (Å²) in [6, 6.07) is 5.48. The van der Waals surface area contributed by atoms with Gasteiger partial charge in [-0.2, -0.15) is 13.2 Å². The second-order valence-electron chi connectivity index (χ2n) is 9.68. The molecule has 0 saturated heterocycles. The van der Waals surface area contributed by atoms with E-state index in [2.05, 4.69) is 72.2 Å². The Kier molecular flexibility index (Phi) is 5.94. The molecule has 1 N–H and O–H groups in total. The molecule has 2 aromatic rings. The van der Waals surface area contributed by atoms with Crippen LogP contribution in [0.5, 0.6) is 0 Å². The summed E-state index contributed by atoms with van der Waals surface area (Å²) in [6.45, 7) is 19.2. The third kappa shape index (κ3) is 4.89. The molecule has 0 aliphatic heterocycles. The van der Waals surface area contributed by atoms with Gasteiger partial charge < -0.3 is 4.98 Å². The highest BCUT2D eigenvalue weighted by Crippen LogP contribution is 2.37. The normalized spacial score (nSPS) is 13.1. The molecule has 1 aromatic heterocycles. The zero-order valence-corrected chi connectivity index (χ0v) is 18.1. The first-order chi connectivity index (χ1) is 12.6. The molecular weight excluding hydrogens is 359 g/mol. The Hall–Kier alpha value is -1.97. The number of alkyl halides is 3. The van der Waals surface area contributed by atoms with Gasteiger partial charge in [0.2, 0.25) is 0 Å². The van der Waals surface area contributed by atoms with Crippen LogP contribution in [-0.4, -0.2) is 4.98 Å². The molecule has 4 heteroatoms. The van der Waals surface area contributed by atoms with E-state index in [1.165, 1.54) is 22.9 Å². The van der Waals surface area contributed by atoms with Crippen LogP contribution in [0.1, 0.15) is 81.5 Å². The van der Waals surface area contributed by atoms with Crippen LogP contribution in [0.4, 0.5) is 13.2 Å². The van der Waals surface area contributed by atoms with E-state index < -0.39 is 11.7 Å². The van der Waals surface area contributed by atoms with Crippen LogP contribution >= 0.6 is 0 Å². The lowest BCUT2D eigenvalue weighted by Gasteiger charge is -2.30. The first-order valence-electron chi connectivity index (χ1n) is 9.69. The van der Waals surface area contributed by atoms with Crippen molar-refractivity contribution < 1.29 is 13.2 Å². The molecule has 0 aliphatic rings. The van der Waals surface area contributed by atoms with Gasteiger partial charge in [0, 0.05) is 6.20 Å². The van der Waals surface area contributed by atoms with Crippen molar-refractivity contribution in [3.63, 3.8) is 0 Å². The first-order valence-corrected chi connectivity index (χ1v) is 9.69. The van der Waals surface area contributed by atoms with Crippen LogP contribution in [0.3, 0.4) is 0 Å². The number of allylic oxidation sites excluding steroid dienone is 1. The summed E-state index contributed by atoms with van der Waals surface area (Å²) in [5.74, 6) is 0. The number of aryl methyl sites for hydroxylation is 1. The summed E-state index contributed by atoms with van der Waals surface area (Å²) in [5, 5.41) is 0. The van der Waals surface area contributed by atoms with E-state index in [4.69, 9.17) is 0 Å². The van der Waals surface area contributed by atoms with E-state index in [9.17, 15) is 13.2 Å². The number of rotatable bonds is 4. The molecule has 2 rings (SSSR count). The minimum Gasteiger partial charge on any atom is -0.361 e. The Balaban J connectivity index is 2.35. The topological polar surface area (TPSA) is 15.8 Å². The van der Waals surface area contributed by atoms with Crippen molar-refractivity contribution in [2.75, 3.05) is 0 Å². The van der Waals surface area contributed by atoms with Crippen molar-refractivity contribution in [3.05, 3.63) is 64.5 Å². The molecule has 1 nitrogen and oxygen atoms in total. The van der Waals surface area contributed by atoms with E-state index >= 15 is 0 Å². The Morgan fingerprint density at radius 3 is 1.86 bits per heavy atom. The van der Waals surface area contributed by atoms with Crippen molar-refractivity contribution in [3.8, 4) is 0 Å². The molecule has 0 radical (unpaired) electrons. The van der Waals surface area contributed by atoms with Crippen LogP contribution in [0.2, 0.25) is 0 Å². The van der Waals surface area contributed by atoms with E-state index in [0.29, 0.717) is 18.4 Å². The molecular formula is C24H32F3N. The minimum atomic E-state index is -4.37. The fourth-order valence-electron chi connectivity index (χ4n) is 3.79. The van der Waals surface area contributed by atoms with Gasteiger partial charge in [0.1, 0.15) is 0 Å². The molecule has 28 heavy (non-hydrogen) atoms. The Bertz CT molecular complexity index is 820. The molecule has 0 amide bonds. The lowest BCUT2D eigenvalue weighted by atomic mass is 9.75. The van der Waals surface area contributed by atoms with Crippen LogP contribution in [0, 0.1) is 6.92 Å². The Labute approximate surface area is 167 Å². The number of benzene rings is 1. The lowest BCUT2D eigenvalue weighted by molar-refractivity contribution is -0.137. The quantitative estimate of drug-likeness (QED) is 0.553. The maximum Gasteiger partial charge on any atom is 0.418 e. The summed E-state index contributed by atoms with van der Waals surface area (Å²) in [7, 11) is 0. The van der Waals surface area contributed by atoms with Gasteiger partial charge in [0.25, 0.3) is 0 Å². The predicted molar refractivity (Wildman–Crippen MR) is 112 cm³/mol. The number of H-pyrrole nitrogens is 1. The molecule has 1 aromatic carbocycles. The lowest BCUT2D eigenvalue weighted by Crippen LogP contribution is -2.20. The van der Waals surface area contributed by atoms with Gasteiger partial charge in [0.05, 0.1) is 11.3 Å². The molecule has 1 heterocycles. The van der Waals surface area contributed by atoms with Crippen LogP contribution in [0.15, 0.2) is 31.0 Å². The predicted octanol–water partition coefficient (Wildman–Crippen LogP) is 7.58. The molecule has 154 valence electrons. The number of aromatic amines is 1. The van der Waals surface area contributed by atoms with Crippen LogP contribution in [0.25, 0.3) is 5.57 Å². The fraction of sp³-hybridized carbons (Fsp3) is 0.500. The fourth-order valence-corrected chi connectivity index (χ4v) is 3.79. The highest BCUT2D eigenvalue weighted by molar-refractivity contribution is 5.64. The summed E-state index contributed by atoms with van der Waals surface area (Å²) >= 11 is 0. The van der Waals surface area contributed by atoms with Gasteiger partial charge in [-0.3, -0.25) is 0 Å².